The number of halogens is 1. The Kier molecular flexibility index (Phi) is 1.98. The highest BCUT2D eigenvalue weighted by molar-refractivity contribution is 6.34. The molecule has 1 aromatic rings. The number of hydrogen-bond donors (Lipinski definition) is 1. The van der Waals surface area contributed by atoms with E-state index in [2.05, 4.69) is 0 Å². The summed E-state index contributed by atoms with van der Waals surface area (Å²) in [6.07, 6.45) is 0.776. The van der Waals surface area contributed by atoms with Gasteiger partial charge in [0.25, 0.3) is 5.91 Å². The number of benzene rings is 1. The first-order valence-corrected chi connectivity index (χ1v) is 4.42. The minimum atomic E-state index is -0.188. The average Bonchev–Trinajstić information content (AvgIpc) is 2.12. The third-order valence-corrected chi connectivity index (χ3v) is 2.51. The first-order valence-electron chi connectivity index (χ1n) is 4.04. The van der Waals surface area contributed by atoms with E-state index < -0.39 is 0 Å². The third-order valence-electron chi connectivity index (χ3n) is 2.20. The Labute approximate surface area is 81.1 Å². The molecular formula is C9H9ClN2O. The minimum Gasteiger partial charge on any atom is -0.276 e. The highest BCUT2D eigenvalue weighted by Gasteiger charge is 2.23. The van der Waals surface area contributed by atoms with Crippen LogP contribution in [-0.4, -0.2) is 17.5 Å². The molecule has 0 atom stereocenters. The third kappa shape index (κ3) is 1.30. The summed E-state index contributed by atoms with van der Waals surface area (Å²) < 4.78 is 0. The second-order valence-electron chi connectivity index (χ2n) is 3.02. The summed E-state index contributed by atoms with van der Waals surface area (Å²) in [7, 11) is 0. The maximum Gasteiger partial charge on any atom is 0.269 e. The summed E-state index contributed by atoms with van der Waals surface area (Å²) in [6.45, 7) is 0.562. The van der Waals surface area contributed by atoms with Gasteiger partial charge in [-0.15, -0.1) is 0 Å². The number of carbonyl (C=O) groups excluding carboxylic acids is 1. The lowest BCUT2D eigenvalue weighted by molar-refractivity contribution is 0.0740. The molecule has 0 fully saturated rings. The maximum absolute atomic E-state index is 11.6. The molecule has 1 amide bonds. The van der Waals surface area contributed by atoms with Crippen LogP contribution in [0.5, 0.6) is 0 Å². The van der Waals surface area contributed by atoms with E-state index >= 15 is 0 Å². The predicted octanol–water partition coefficient (Wildman–Crippen LogP) is 1.21. The van der Waals surface area contributed by atoms with Crippen LogP contribution in [0.15, 0.2) is 18.2 Å². The van der Waals surface area contributed by atoms with Crippen molar-refractivity contribution in [2.24, 2.45) is 5.84 Å². The van der Waals surface area contributed by atoms with Gasteiger partial charge in [-0.25, -0.2) is 5.84 Å². The molecular weight excluding hydrogens is 188 g/mol. The zero-order chi connectivity index (χ0) is 9.42. The number of amides is 1. The van der Waals surface area contributed by atoms with Crippen LogP contribution in [0.2, 0.25) is 5.02 Å². The lowest BCUT2D eigenvalue weighted by Gasteiger charge is -2.24. The fourth-order valence-electron chi connectivity index (χ4n) is 1.50. The Balaban J connectivity index is 2.57. The molecule has 1 aliphatic heterocycles. The number of fused-ring (bicyclic) bond motifs is 1. The van der Waals surface area contributed by atoms with Crippen molar-refractivity contribution in [1.29, 1.82) is 0 Å². The molecule has 0 radical (unpaired) electrons. The van der Waals surface area contributed by atoms with E-state index in [0.717, 1.165) is 12.0 Å². The van der Waals surface area contributed by atoms with Crippen molar-refractivity contribution in [1.82, 2.24) is 5.01 Å². The first kappa shape index (κ1) is 8.53. The normalized spacial score (nSPS) is 15.8. The highest BCUT2D eigenvalue weighted by atomic mass is 35.5. The molecule has 2 N–H and O–H groups in total. The van der Waals surface area contributed by atoms with Crippen molar-refractivity contribution >= 4 is 17.5 Å². The van der Waals surface area contributed by atoms with E-state index in [1.807, 2.05) is 12.1 Å². The molecule has 0 saturated carbocycles. The molecule has 0 unspecified atom stereocenters. The quantitative estimate of drug-likeness (QED) is 0.501. The van der Waals surface area contributed by atoms with Crippen LogP contribution in [0, 0.1) is 0 Å². The van der Waals surface area contributed by atoms with Gasteiger partial charge in [0.05, 0.1) is 10.6 Å². The zero-order valence-corrected chi connectivity index (χ0v) is 7.71. The van der Waals surface area contributed by atoms with Crippen LogP contribution in [0.1, 0.15) is 15.9 Å². The topological polar surface area (TPSA) is 46.3 Å². The van der Waals surface area contributed by atoms with Gasteiger partial charge in [0.15, 0.2) is 0 Å². The SMILES string of the molecule is NN1CCc2cccc(Cl)c2C1=O. The Hall–Kier alpha value is -1.06. The fourth-order valence-corrected chi connectivity index (χ4v) is 1.78. The van der Waals surface area contributed by atoms with Gasteiger partial charge in [-0.2, -0.15) is 0 Å². The Morgan fingerprint density at radius 2 is 2.23 bits per heavy atom. The second-order valence-corrected chi connectivity index (χ2v) is 3.43. The van der Waals surface area contributed by atoms with Crippen LogP contribution in [0.25, 0.3) is 0 Å². The zero-order valence-electron chi connectivity index (χ0n) is 6.96. The van der Waals surface area contributed by atoms with Crippen LogP contribution >= 0.6 is 11.6 Å². The Morgan fingerprint density at radius 1 is 1.46 bits per heavy atom. The number of nitrogens with zero attached hydrogens (tertiary/aromatic N) is 1. The molecule has 0 aliphatic carbocycles. The monoisotopic (exact) mass is 196 g/mol. The van der Waals surface area contributed by atoms with E-state index in [-0.39, 0.29) is 5.91 Å². The molecule has 0 aromatic heterocycles. The van der Waals surface area contributed by atoms with Crippen molar-refractivity contribution in [2.45, 2.75) is 6.42 Å². The van der Waals surface area contributed by atoms with Crippen molar-refractivity contribution < 1.29 is 4.79 Å². The Morgan fingerprint density at radius 3 is 3.00 bits per heavy atom. The lowest BCUT2D eigenvalue weighted by atomic mass is 10.0. The van der Waals surface area contributed by atoms with Crippen molar-refractivity contribution in [3.05, 3.63) is 34.3 Å². The molecule has 0 spiro atoms. The molecule has 0 bridgehead atoms. The number of rotatable bonds is 0. The molecule has 1 aromatic carbocycles. The smallest absolute Gasteiger partial charge is 0.269 e. The van der Waals surface area contributed by atoms with Crippen LogP contribution < -0.4 is 5.84 Å². The number of nitrogens with two attached hydrogens (primary N) is 1. The van der Waals surface area contributed by atoms with Crippen molar-refractivity contribution in [3.63, 3.8) is 0 Å². The number of carbonyl (C=O) groups is 1. The molecule has 4 heteroatoms. The van der Waals surface area contributed by atoms with Crippen LogP contribution in [0.4, 0.5) is 0 Å². The summed E-state index contributed by atoms with van der Waals surface area (Å²) in [6, 6.07) is 5.46. The molecule has 0 saturated heterocycles. The number of hydrogen-bond acceptors (Lipinski definition) is 2. The summed E-state index contributed by atoms with van der Waals surface area (Å²) >= 11 is 5.90. The van der Waals surface area contributed by atoms with Gasteiger partial charge in [0.2, 0.25) is 0 Å². The van der Waals surface area contributed by atoms with Crippen LogP contribution in [-0.2, 0) is 6.42 Å². The van der Waals surface area contributed by atoms with E-state index in [4.69, 9.17) is 17.4 Å². The molecule has 13 heavy (non-hydrogen) atoms. The molecule has 68 valence electrons. The van der Waals surface area contributed by atoms with Crippen molar-refractivity contribution in [2.75, 3.05) is 6.54 Å². The van der Waals surface area contributed by atoms with Gasteiger partial charge in [0, 0.05) is 6.54 Å². The predicted molar refractivity (Wildman–Crippen MR) is 50.4 cm³/mol. The minimum absolute atomic E-state index is 0.188. The van der Waals surface area contributed by atoms with E-state index in [1.165, 1.54) is 5.01 Å². The van der Waals surface area contributed by atoms with Gasteiger partial charge >= 0.3 is 0 Å². The largest absolute Gasteiger partial charge is 0.276 e. The van der Waals surface area contributed by atoms with E-state index in [9.17, 15) is 4.79 Å². The molecule has 1 aliphatic rings. The van der Waals surface area contributed by atoms with E-state index in [1.54, 1.807) is 6.07 Å². The van der Waals surface area contributed by atoms with Crippen LogP contribution in [0.3, 0.4) is 0 Å². The maximum atomic E-state index is 11.6. The second kappa shape index (κ2) is 3.01. The fraction of sp³-hybridized carbons (Fsp3) is 0.222. The average molecular weight is 197 g/mol. The summed E-state index contributed by atoms with van der Waals surface area (Å²) in [4.78, 5) is 11.6. The van der Waals surface area contributed by atoms with Gasteiger partial charge in [-0.1, -0.05) is 23.7 Å². The van der Waals surface area contributed by atoms with Gasteiger partial charge in [0.1, 0.15) is 0 Å². The van der Waals surface area contributed by atoms with E-state index in [0.29, 0.717) is 17.1 Å². The summed E-state index contributed by atoms with van der Waals surface area (Å²) in [5.41, 5.74) is 1.54. The van der Waals surface area contributed by atoms with Gasteiger partial charge < -0.3 is 0 Å². The standard InChI is InChI=1S/C9H9ClN2O/c10-7-3-1-2-6-4-5-12(11)9(13)8(6)7/h1-3H,4-5,11H2. The first-order chi connectivity index (χ1) is 6.20. The highest BCUT2D eigenvalue weighted by Crippen LogP contribution is 2.24. The Bertz CT molecular complexity index is 365. The summed E-state index contributed by atoms with van der Waals surface area (Å²) in [5, 5.41) is 1.69. The molecule has 3 nitrogen and oxygen atoms in total. The number of hydrazine groups is 1. The molecule has 1 heterocycles. The van der Waals surface area contributed by atoms with Gasteiger partial charge in [-0.3, -0.25) is 9.80 Å². The molecule has 2 rings (SSSR count). The lowest BCUT2D eigenvalue weighted by Crippen LogP contribution is -2.42. The van der Waals surface area contributed by atoms with Crippen molar-refractivity contribution in [3.8, 4) is 0 Å². The summed E-state index contributed by atoms with van der Waals surface area (Å²) in [5.74, 6) is 5.30. The van der Waals surface area contributed by atoms with Gasteiger partial charge in [-0.05, 0) is 18.1 Å².